The second-order valence-electron chi connectivity index (χ2n) is 7.43. The molecule has 8 nitrogen and oxygen atoms in total. The Morgan fingerprint density at radius 2 is 1.86 bits per heavy atom. The average Bonchev–Trinajstić information content (AvgIpc) is 2.84. The van der Waals surface area contributed by atoms with Crippen LogP contribution in [0.4, 0.5) is 0 Å². The van der Waals surface area contributed by atoms with Gasteiger partial charge in [0.25, 0.3) is 0 Å². The van der Waals surface area contributed by atoms with E-state index in [1.165, 1.54) is 5.56 Å². The molecule has 2 N–H and O–H groups in total. The molecule has 0 aromatic carbocycles. The number of nitrogens with one attached hydrogen (secondary N) is 2. The van der Waals surface area contributed by atoms with Crippen LogP contribution in [0, 0.1) is 13.8 Å². The molecule has 2 heterocycles. The van der Waals surface area contributed by atoms with Gasteiger partial charge in [-0.25, -0.2) is 4.99 Å². The van der Waals surface area contributed by atoms with E-state index < -0.39 is 0 Å². The third kappa shape index (κ3) is 6.91. The number of halogens is 1. The number of carbonyl (C=O) groups is 1. The molecule has 1 aromatic rings. The molecular weight excluding hydrogens is 469 g/mol. The molecule has 160 valence electrons. The molecule has 28 heavy (non-hydrogen) atoms. The molecule has 0 atom stereocenters. The van der Waals surface area contributed by atoms with Gasteiger partial charge in [-0.2, -0.15) is 5.10 Å². The molecule has 1 aliphatic rings. The largest absolute Gasteiger partial charge is 0.357 e. The molecular formula is C19H36IN7O. The number of carbonyl (C=O) groups excluding carboxylic acids is 1. The van der Waals surface area contributed by atoms with E-state index in [9.17, 15) is 4.79 Å². The lowest BCUT2D eigenvalue weighted by Gasteiger charge is -2.36. The predicted octanol–water partition coefficient (Wildman–Crippen LogP) is 1.26. The summed E-state index contributed by atoms with van der Waals surface area (Å²) in [5.74, 6) is 1.04. The fourth-order valence-corrected chi connectivity index (χ4v) is 3.31. The van der Waals surface area contributed by atoms with Crippen LogP contribution in [0.1, 0.15) is 37.7 Å². The topological polar surface area (TPSA) is 77.8 Å². The standard InChI is InChI=1S/C19H35N7O.HI/c1-7-20-19(21-12-17-15(4)23-24(6)16(17)5)26-10-8-25(9-11-26)13-18(27)22-14(2)3;/h14H,7-13H2,1-6H3,(H,20,21)(H,22,27);1H. The Labute approximate surface area is 186 Å². The number of aryl methyl sites for hydroxylation is 2. The molecule has 9 heteroatoms. The Bertz CT molecular complexity index is 663. The Morgan fingerprint density at radius 3 is 2.36 bits per heavy atom. The zero-order valence-electron chi connectivity index (χ0n) is 18.1. The van der Waals surface area contributed by atoms with Crippen LogP contribution < -0.4 is 10.6 Å². The minimum atomic E-state index is 0. The van der Waals surface area contributed by atoms with Gasteiger partial charge in [0, 0.05) is 57.1 Å². The molecule has 0 bridgehead atoms. The molecule has 2 rings (SSSR count). The molecule has 0 radical (unpaired) electrons. The van der Waals surface area contributed by atoms with E-state index >= 15 is 0 Å². The van der Waals surface area contributed by atoms with Gasteiger partial charge in [0.2, 0.25) is 5.91 Å². The minimum Gasteiger partial charge on any atom is -0.357 e. The van der Waals surface area contributed by atoms with Crippen molar-refractivity contribution in [1.29, 1.82) is 0 Å². The van der Waals surface area contributed by atoms with E-state index in [1.54, 1.807) is 0 Å². The fraction of sp³-hybridized carbons (Fsp3) is 0.737. The van der Waals surface area contributed by atoms with Crippen molar-refractivity contribution >= 4 is 35.8 Å². The van der Waals surface area contributed by atoms with E-state index in [-0.39, 0.29) is 35.9 Å². The third-order valence-electron chi connectivity index (χ3n) is 4.87. The van der Waals surface area contributed by atoms with Crippen LogP contribution in [-0.4, -0.2) is 76.8 Å². The SMILES string of the molecule is CCNC(=NCc1c(C)nn(C)c1C)N1CCN(CC(=O)NC(C)C)CC1.I. The Balaban J connectivity index is 0.00000392. The third-order valence-corrected chi connectivity index (χ3v) is 4.87. The maximum absolute atomic E-state index is 12.0. The van der Waals surface area contributed by atoms with Gasteiger partial charge in [-0.3, -0.25) is 14.4 Å². The second-order valence-corrected chi connectivity index (χ2v) is 7.43. The Hall–Kier alpha value is -1.36. The normalized spacial score (nSPS) is 15.5. The van der Waals surface area contributed by atoms with E-state index in [1.807, 2.05) is 32.5 Å². The first kappa shape index (κ1) is 24.7. The highest BCUT2D eigenvalue weighted by Gasteiger charge is 2.21. The van der Waals surface area contributed by atoms with E-state index in [0.717, 1.165) is 50.1 Å². The number of guanidine groups is 1. The second kappa shape index (κ2) is 11.6. The van der Waals surface area contributed by atoms with Crippen LogP contribution in [0.25, 0.3) is 0 Å². The number of aromatic nitrogens is 2. The highest BCUT2D eigenvalue weighted by molar-refractivity contribution is 14.0. The lowest BCUT2D eigenvalue weighted by atomic mass is 10.2. The van der Waals surface area contributed by atoms with Crippen molar-refractivity contribution in [3.05, 3.63) is 17.0 Å². The highest BCUT2D eigenvalue weighted by Crippen LogP contribution is 2.13. The molecule has 1 saturated heterocycles. The summed E-state index contributed by atoms with van der Waals surface area (Å²) < 4.78 is 1.91. The summed E-state index contributed by atoms with van der Waals surface area (Å²) >= 11 is 0. The summed E-state index contributed by atoms with van der Waals surface area (Å²) in [5, 5.41) is 10.8. The molecule has 1 amide bonds. The fourth-order valence-electron chi connectivity index (χ4n) is 3.31. The lowest BCUT2D eigenvalue weighted by molar-refractivity contribution is -0.123. The van der Waals surface area contributed by atoms with Crippen molar-refractivity contribution in [2.45, 2.75) is 47.2 Å². The zero-order chi connectivity index (χ0) is 20.0. The molecule has 0 aliphatic carbocycles. The van der Waals surface area contributed by atoms with Crippen molar-refractivity contribution < 1.29 is 4.79 Å². The summed E-state index contributed by atoms with van der Waals surface area (Å²) in [6.45, 7) is 15.6. The van der Waals surface area contributed by atoms with E-state index in [2.05, 4.69) is 39.4 Å². The van der Waals surface area contributed by atoms with Crippen molar-refractivity contribution in [1.82, 2.24) is 30.2 Å². The van der Waals surface area contributed by atoms with Crippen LogP contribution in [-0.2, 0) is 18.4 Å². The zero-order valence-corrected chi connectivity index (χ0v) is 20.4. The van der Waals surface area contributed by atoms with Gasteiger partial charge in [-0.05, 0) is 34.6 Å². The van der Waals surface area contributed by atoms with Gasteiger partial charge in [-0.15, -0.1) is 24.0 Å². The summed E-state index contributed by atoms with van der Waals surface area (Å²) in [6.07, 6.45) is 0. The van der Waals surface area contributed by atoms with Gasteiger partial charge >= 0.3 is 0 Å². The highest BCUT2D eigenvalue weighted by atomic mass is 127. The number of aliphatic imine (C=N–C) groups is 1. The number of hydrogen-bond donors (Lipinski definition) is 2. The summed E-state index contributed by atoms with van der Waals surface area (Å²) in [4.78, 5) is 21.3. The molecule has 1 fully saturated rings. The number of nitrogens with zero attached hydrogens (tertiary/aromatic N) is 5. The van der Waals surface area contributed by atoms with Crippen LogP contribution >= 0.6 is 24.0 Å². The number of hydrogen-bond acceptors (Lipinski definition) is 4. The molecule has 0 saturated carbocycles. The molecule has 1 aliphatic heterocycles. The molecule has 0 unspecified atom stereocenters. The van der Waals surface area contributed by atoms with Gasteiger partial charge in [-0.1, -0.05) is 0 Å². The van der Waals surface area contributed by atoms with Crippen molar-refractivity contribution in [2.75, 3.05) is 39.3 Å². The predicted molar refractivity (Wildman–Crippen MR) is 124 cm³/mol. The number of rotatable bonds is 6. The van der Waals surface area contributed by atoms with E-state index in [4.69, 9.17) is 4.99 Å². The van der Waals surface area contributed by atoms with Crippen LogP contribution in [0.3, 0.4) is 0 Å². The van der Waals surface area contributed by atoms with Crippen molar-refractivity contribution in [3.8, 4) is 0 Å². The smallest absolute Gasteiger partial charge is 0.234 e. The minimum absolute atomic E-state index is 0. The summed E-state index contributed by atoms with van der Waals surface area (Å²) in [6, 6.07) is 0.186. The lowest BCUT2D eigenvalue weighted by Crippen LogP contribution is -2.54. The van der Waals surface area contributed by atoms with Gasteiger partial charge in [0.15, 0.2) is 5.96 Å². The first-order valence-corrected chi connectivity index (χ1v) is 9.85. The summed E-state index contributed by atoms with van der Waals surface area (Å²) in [7, 11) is 1.97. The van der Waals surface area contributed by atoms with Crippen molar-refractivity contribution in [3.63, 3.8) is 0 Å². The quantitative estimate of drug-likeness (QED) is 0.346. The average molecular weight is 505 g/mol. The maximum Gasteiger partial charge on any atom is 0.234 e. The number of piperazine rings is 1. The van der Waals surface area contributed by atoms with E-state index in [0.29, 0.717) is 13.1 Å². The first-order valence-electron chi connectivity index (χ1n) is 9.85. The van der Waals surface area contributed by atoms with Crippen LogP contribution in [0.5, 0.6) is 0 Å². The molecule has 0 spiro atoms. The van der Waals surface area contributed by atoms with Crippen LogP contribution in [0.15, 0.2) is 4.99 Å². The maximum atomic E-state index is 12.0. The first-order chi connectivity index (χ1) is 12.8. The Morgan fingerprint density at radius 1 is 1.21 bits per heavy atom. The molecule has 1 aromatic heterocycles. The monoisotopic (exact) mass is 505 g/mol. The number of amides is 1. The van der Waals surface area contributed by atoms with Gasteiger partial charge in [0.05, 0.1) is 18.8 Å². The van der Waals surface area contributed by atoms with Crippen LogP contribution in [0.2, 0.25) is 0 Å². The van der Waals surface area contributed by atoms with Gasteiger partial charge < -0.3 is 15.5 Å². The summed E-state index contributed by atoms with van der Waals surface area (Å²) in [5.41, 5.74) is 3.39. The Kier molecular flexibility index (Phi) is 10.2. The van der Waals surface area contributed by atoms with Gasteiger partial charge in [0.1, 0.15) is 0 Å². The van der Waals surface area contributed by atoms with Crippen molar-refractivity contribution in [2.24, 2.45) is 12.0 Å².